The summed E-state index contributed by atoms with van der Waals surface area (Å²) in [5, 5.41) is 14.5. The highest BCUT2D eigenvalue weighted by Gasteiger charge is 2.42. The highest BCUT2D eigenvalue weighted by molar-refractivity contribution is 7.10. The Labute approximate surface area is 194 Å². The molecule has 1 aliphatic heterocycles. The molecule has 0 bridgehead atoms. The molecule has 2 aliphatic rings. The predicted molar refractivity (Wildman–Crippen MR) is 124 cm³/mol. The summed E-state index contributed by atoms with van der Waals surface area (Å²) in [6.07, 6.45) is 2.03. The van der Waals surface area contributed by atoms with E-state index in [9.17, 15) is 14.4 Å². The monoisotopic (exact) mass is 462 g/mol. The van der Waals surface area contributed by atoms with Crippen molar-refractivity contribution in [2.24, 2.45) is 0 Å². The minimum Gasteiger partial charge on any atom is -0.481 e. The molecule has 2 atom stereocenters. The molecule has 2 aromatic heterocycles. The molecule has 0 fully saturated rings. The normalized spacial score (nSPS) is 20.0. The van der Waals surface area contributed by atoms with Crippen molar-refractivity contribution in [3.63, 3.8) is 0 Å². The fourth-order valence-corrected chi connectivity index (χ4v) is 5.46. The Morgan fingerprint density at radius 1 is 1.09 bits per heavy atom. The van der Waals surface area contributed by atoms with E-state index in [-0.39, 0.29) is 36.9 Å². The number of carbonyl (C=O) groups is 3. The quantitative estimate of drug-likeness (QED) is 0.547. The lowest BCUT2D eigenvalue weighted by Crippen LogP contribution is -2.38. The van der Waals surface area contributed by atoms with Gasteiger partial charge in [0.2, 0.25) is 5.91 Å². The Morgan fingerprint density at radius 3 is 2.67 bits per heavy atom. The number of nitrogens with zero attached hydrogens (tertiary/aromatic N) is 1. The number of carbonyl (C=O) groups excluding carboxylic acids is 2. The fourth-order valence-electron chi connectivity index (χ4n) is 4.64. The third kappa shape index (κ3) is 3.98. The molecule has 1 aromatic carbocycles. The van der Waals surface area contributed by atoms with E-state index in [1.54, 1.807) is 11.2 Å². The van der Waals surface area contributed by atoms with Crippen molar-refractivity contribution in [2.45, 2.75) is 37.6 Å². The van der Waals surface area contributed by atoms with E-state index in [0.717, 1.165) is 16.3 Å². The number of carboxylic acids is 1. The van der Waals surface area contributed by atoms with Gasteiger partial charge in [-0.25, -0.2) is 0 Å². The lowest BCUT2D eigenvalue weighted by atomic mass is 9.81. The van der Waals surface area contributed by atoms with Crippen LogP contribution in [0, 0.1) is 0 Å². The molecule has 0 spiro atoms. The van der Waals surface area contributed by atoms with Crippen LogP contribution in [0.5, 0.6) is 0 Å². The second kappa shape index (κ2) is 8.71. The molecule has 0 radical (unpaired) electrons. The van der Waals surface area contributed by atoms with E-state index in [4.69, 9.17) is 9.52 Å². The summed E-state index contributed by atoms with van der Waals surface area (Å²) in [6.45, 7) is 0. The smallest absolute Gasteiger partial charge is 0.303 e. The SMILES string of the molecule is O=C(O)CCC(=O)N1c2ccccc2NC2=C(C(=O)C[C@@H](c3ccco3)C2)[C@@H]1c1cccs1. The number of hydrogen-bond donors (Lipinski definition) is 2. The van der Waals surface area contributed by atoms with Crippen molar-refractivity contribution in [1.29, 1.82) is 0 Å². The molecule has 0 saturated carbocycles. The average molecular weight is 463 g/mol. The zero-order chi connectivity index (χ0) is 22.9. The first-order valence-corrected chi connectivity index (χ1v) is 11.6. The number of nitrogens with one attached hydrogen (secondary N) is 1. The maximum Gasteiger partial charge on any atom is 0.303 e. The number of benzene rings is 1. The molecule has 0 saturated heterocycles. The summed E-state index contributed by atoms with van der Waals surface area (Å²) in [7, 11) is 0. The first kappa shape index (κ1) is 21.2. The van der Waals surface area contributed by atoms with Gasteiger partial charge in [0.15, 0.2) is 5.78 Å². The molecule has 2 N–H and O–H groups in total. The number of carboxylic acid groups (broad SMARTS) is 1. The number of anilines is 2. The summed E-state index contributed by atoms with van der Waals surface area (Å²) in [5.74, 6) is -0.750. The topological polar surface area (TPSA) is 99.9 Å². The summed E-state index contributed by atoms with van der Waals surface area (Å²) < 4.78 is 5.59. The number of fused-ring (bicyclic) bond motifs is 1. The third-order valence-corrected chi connectivity index (χ3v) is 6.99. The number of para-hydroxylation sites is 2. The molecule has 1 amide bonds. The van der Waals surface area contributed by atoms with E-state index in [2.05, 4.69) is 5.32 Å². The maximum absolute atomic E-state index is 13.6. The number of allylic oxidation sites excluding steroid dienone is 1. The lowest BCUT2D eigenvalue weighted by molar-refractivity contribution is -0.138. The Hall–Kier alpha value is -3.65. The Morgan fingerprint density at radius 2 is 1.94 bits per heavy atom. The first-order chi connectivity index (χ1) is 16.0. The van der Waals surface area contributed by atoms with Crippen molar-refractivity contribution in [2.75, 3.05) is 10.2 Å². The second-order valence-electron chi connectivity index (χ2n) is 8.15. The van der Waals surface area contributed by atoms with Gasteiger partial charge in [-0.3, -0.25) is 19.3 Å². The second-order valence-corrected chi connectivity index (χ2v) is 9.13. The molecule has 0 unspecified atom stereocenters. The van der Waals surface area contributed by atoms with Crippen LogP contribution >= 0.6 is 11.3 Å². The molecule has 3 heterocycles. The minimum absolute atomic E-state index is 0.0487. The largest absolute Gasteiger partial charge is 0.481 e. The molecule has 5 rings (SSSR count). The molecule has 3 aromatic rings. The van der Waals surface area contributed by atoms with Crippen LogP contribution in [-0.2, 0) is 14.4 Å². The van der Waals surface area contributed by atoms with Gasteiger partial charge >= 0.3 is 5.97 Å². The maximum atomic E-state index is 13.6. The number of hydrogen-bond acceptors (Lipinski definition) is 6. The van der Waals surface area contributed by atoms with Gasteiger partial charge in [-0.05, 0) is 42.1 Å². The summed E-state index contributed by atoms with van der Waals surface area (Å²) >= 11 is 1.47. The molecule has 168 valence electrons. The van der Waals surface area contributed by atoms with Crippen LogP contribution in [0.2, 0.25) is 0 Å². The minimum atomic E-state index is -1.04. The van der Waals surface area contributed by atoms with E-state index in [1.165, 1.54) is 11.3 Å². The molecule has 8 heteroatoms. The van der Waals surface area contributed by atoms with E-state index >= 15 is 0 Å². The van der Waals surface area contributed by atoms with Crippen LogP contribution in [0.15, 0.2) is 75.9 Å². The van der Waals surface area contributed by atoms with Crippen molar-refractivity contribution in [3.8, 4) is 0 Å². The van der Waals surface area contributed by atoms with Crippen molar-refractivity contribution < 1.29 is 23.9 Å². The highest BCUT2D eigenvalue weighted by atomic mass is 32.1. The average Bonchev–Trinajstić information content (AvgIpc) is 3.49. The summed E-state index contributed by atoms with van der Waals surface area (Å²) in [6, 6.07) is 14.3. The Bertz CT molecular complexity index is 1230. The van der Waals surface area contributed by atoms with Gasteiger partial charge in [-0.2, -0.15) is 0 Å². The number of rotatable bonds is 5. The lowest BCUT2D eigenvalue weighted by Gasteiger charge is -2.34. The van der Waals surface area contributed by atoms with Crippen LogP contribution < -0.4 is 10.2 Å². The standard InChI is InChI=1S/C25H22N2O5S/c28-19-14-15(20-7-3-11-32-20)13-17-24(19)25(21-8-4-12-33-21)27(22(29)9-10-23(30)31)18-6-2-1-5-16(18)26-17/h1-8,11-12,15,25-26H,9-10,13-14H2,(H,30,31)/t15-,25-/m0/s1. The fraction of sp³-hybridized carbons (Fsp3) is 0.240. The Kier molecular flexibility index (Phi) is 5.60. The van der Waals surface area contributed by atoms with Gasteiger partial charge < -0.3 is 14.8 Å². The van der Waals surface area contributed by atoms with Crippen LogP contribution in [0.25, 0.3) is 0 Å². The van der Waals surface area contributed by atoms with E-state index in [0.29, 0.717) is 23.4 Å². The molecular weight excluding hydrogens is 440 g/mol. The number of Topliss-reactive ketones (excluding diaryl/α,β-unsaturated/α-hetero) is 1. The zero-order valence-electron chi connectivity index (χ0n) is 17.7. The highest BCUT2D eigenvalue weighted by Crippen LogP contribution is 2.48. The predicted octanol–water partition coefficient (Wildman–Crippen LogP) is 5.11. The molecule has 33 heavy (non-hydrogen) atoms. The molecule has 7 nitrogen and oxygen atoms in total. The Balaban J connectivity index is 1.66. The zero-order valence-corrected chi connectivity index (χ0v) is 18.5. The number of ketones is 1. The first-order valence-electron chi connectivity index (χ1n) is 10.8. The van der Waals surface area contributed by atoms with Crippen molar-refractivity contribution >= 4 is 40.4 Å². The van der Waals surface area contributed by atoms with Crippen LogP contribution in [0.4, 0.5) is 11.4 Å². The number of amides is 1. The van der Waals surface area contributed by atoms with Gasteiger partial charge in [0.1, 0.15) is 11.8 Å². The van der Waals surface area contributed by atoms with Gasteiger partial charge in [0, 0.05) is 34.9 Å². The number of aliphatic carboxylic acids is 1. The van der Waals surface area contributed by atoms with Crippen molar-refractivity contribution in [3.05, 3.63) is 82.1 Å². The van der Waals surface area contributed by atoms with Crippen LogP contribution in [0.3, 0.4) is 0 Å². The summed E-state index contributed by atoms with van der Waals surface area (Å²) in [5.41, 5.74) is 2.66. The summed E-state index contributed by atoms with van der Waals surface area (Å²) in [4.78, 5) is 40.7. The van der Waals surface area contributed by atoms with E-state index < -0.39 is 12.0 Å². The van der Waals surface area contributed by atoms with Gasteiger partial charge in [-0.1, -0.05) is 18.2 Å². The molecular formula is C25H22N2O5S. The van der Waals surface area contributed by atoms with Crippen LogP contribution in [0.1, 0.15) is 48.3 Å². The molecule has 1 aliphatic carbocycles. The number of furan rings is 1. The van der Waals surface area contributed by atoms with Crippen molar-refractivity contribution in [1.82, 2.24) is 0 Å². The van der Waals surface area contributed by atoms with Gasteiger partial charge in [-0.15, -0.1) is 11.3 Å². The number of thiophene rings is 1. The third-order valence-electron chi connectivity index (χ3n) is 6.07. The van der Waals surface area contributed by atoms with Gasteiger partial charge in [0.25, 0.3) is 0 Å². The van der Waals surface area contributed by atoms with Gasteiger partial charge in [0.05, 0.1) is 24.1 Å². The van der Waals surface area contributed by atoms with Crippen LogP contribution in [-0.4, -0.2) is 22.8 Å². The van der Waals surface area contributed by atoms with E-state index in [1.807, 2.05) is 53.9 Å².